The molecule has 2 aromatic carbocycles. The van der Waals surface area contributed by atoms with E-state index >= 15 is 0 Å². The molecule has 3 heterocycles. The molecule has 5 rings (SSSR count). The van der Waals surface area contributed by atoms with Gasteiger partial charge in [-0.05, 0) is 29.3 Å². The van der Waals surface area contributed by atoms with Crippen LogP contribution in [-0.2, 0) is 12.3 Å². The molecule has 4 aromatic rings. The molecule has 0 spiro atoms. The number of hydrogen-bond donors (Lipinski definition) is 0. The van der Waals surface area contributed by atoms with Gasteiger partial charge < -0.3 is 9.47 Å². The maximum absolute atomic E-state index is 13.2. The summed E-state index contributed by atoms with van der Waals surface area (Å²) in [5, 5.41) is 1.22. The molecule has 0 saturated carbocycles. The lowest BCUT2D eigenvalue weighted by Gasteiger charge is -2.13. The maximum Gasteiger partial charge on any atom is 0.282 e. The molecule has 1 aliphatic rings. The fourth-order valence-electron chi connectivity index (χ4n) is 3.16. The van der Waals surface area contributed by atoms with Crippen molar-refractivity contribution in [3.63, 3.8) is 0 Å². The zero-order valence-corrected chi connectivity index (χ0v) is 17.2. The van der Waals surface area contributed by atoms with Crippen molar-refractivity contribution in [2.45, 2.75) is 17.5 Å². The molecule has 0 aliphatic carbocycles. The number of thioether (sulfide) groups is 1. The minimum atomic E-state index is -0.243. The van der Waals surface area contributed by atoms with Crippen molar-refractivity contribution in [1.29, 1.82) is 0 Å². The average molecular weight is 439 g/mol. The van der Waals surface area contributed by atoms with E-state index in [1.807, 2.05) is 42.5 Å². The largest absolute Gasteiger partial charge is 0.454 e. The second kappa shape index (κ2) is 7.97. The Morgan fingerprint density at radius 1 is 1.07 bits per heavy atom. The van der Waals surface area contributed by atoms with Crippen molar-refractivity contribution in [1.82, 2.24) is 19.5 Å². The van der Waals surface area contributed by atoms with Crippen molar-refractivity contribution >= 4 is 34.5 Å². The van der Waals surface area contributed by atoms with Gasteiger partial charge in [0.15, 0.2) is 27.8 Å². The van der Waals surface area contributed by atoms with E-state index in [2.05, 4.69) is 15.0 Å². The third-order valence-corrected chi connectivity index (χ3v) is 6.05. The third-order valence-electron chi connectivity index (χ3n) is 4.65. The van der Waals surface area contributed by atoms with Crippen LogP contribution in [0.3, 0.4) is 0 Å². The minimum absolute atomic E-state index is 0.199. The highest BCUT2D eigenvalue weighted by molar-refractivity contribution is 7.98. The quantitative estimate of drug-likeness (QED) is 0.345. The van der Waals surface area contributed by atoms with E-state index in [1.165, 1.54) is 24.2 Å². The highest BCUT2D eigenvalue weighted by atomic mass is 35.5. The first-order valence-corrected chi connectivity index (χ1v) is 10.5. The molecule has 0 atom stereocenters. The summed E-state index contributed by atoms with van der Waals surface area (Å²) >= 11 is 7.72. The molecule has 9 heteroatoms. The lowest BCUT2D eigenvalue weighted by molar-refractivity contribution is 0.174. The second-order valence-electron chi connectivity index (χ2n) is 6.58. The Hall–Kier alpha value is -3.10. The molecule has 0 bridgehead atoms. The molecule has 1 aliphatic heterocycles. The molecule has 0 fully saturated rings. The van der Waals surface area contributed by atoms with E-state index < -0.39 is 0 Å². The number of benzene rings is 2. The molecule has 0 amide bonds. The average Bonchev–Trinajstić information content (AvgIpc) is 3.23. The van der Waals surface area contributed by atoms with Gasteiger partial charge in [0.05, 0.1) is 6.54 Å². The maximum atomic E-state index is 13.2. The van der Waals surface area contributed by atoms with E-state index in [0.717, 1.165) is 11.1 Å². The number of aromatic nitrogens is 4. The first kappa shape index (κ1) is 18.9. The van der Waals surface area contributed by atoms with Crippen LogP contribution in [-0.4, -0.2) is 26.3 Å². The Bertz CT molecular complexity index is 1310. The summed E-state index contributed by atoms with van der Waals surface area (Å²) in [5.74, 6) is 1.93. The van der Waals surface area contributed by atoms with Gasteiger partial charge in [-0.1, -0.05) is 47.6 Å². The fraction of sp³-hybridized carbons (Fsp3) is 0.143. The summed E-state index contributed by atoms with van der Waals surface area (Å²) < 4.78 is 12.4. The monoisotopic (exact) mass is 438 g/mol. The molecule has 30 heavy (non-hydrogen) atoms. The van der Waals surface area contributed by atoms with E-state index in [-0.39, 0.29) is 17.9 Å². The van der Waals surface area contributed by atoms with Gasteiger partial charge >= 0.3 is 0 Å². The first-order valence-electron chi connectivity index (χ1n) is 9.15. The van der Waals surface area contributed by atoms with E-state index in [0.29, 0.717) is 39.6 Å². The van der Waals surface area contributed by atoms with Gasteiger partial charge in [-0.15, -0.1) is 0 Å². The van der Waals surface area contributed by atoms with Crippen LogP contribution in [0.1, 0.15) is 11.1 Å². The van der Waals surface area contributed by atoms with Crippen molar-refractivity contribution in [2.75, 3.05) is 6.79 Å². The smallest absolute Gasteiger partial charge is 0.282 e. The predicted octanol–water partition coefficient (Wildman–Crippen LogP) is 3.91. The van der Waals surface area contributed by atoms with Crippen LogP contribution in [0.2, 0.25) is 5.02 Å². The molecule has 0 saturated heterocycles. The van der Waals surface area contributed by atoms with Gasteiger partial charge in [0, 0.05) is 23.2 Å². The van der Waals surface area contributed by atoms with Crippen molar-refractivity contribution in [3.05, 3.63) is 81.4 Å². The Morgan fingerprint density at radius 2 is 1.90 bits per heavy atom. The molecule has 0 N–H and O–H groups in total. The summed E-state index contributed by atoms with van der Waals surface area (Å²) in [7, 11) is 0. The molecule has 2 aromatic heterocycles. The topological polar surface area (TPSA) is 79.1 Å². The first-order chi connectivity index (χ1) is 14.7. The van der Waals surface area contributed by atoms with Crippen molar-refractivity contribution < 1.29 is 9.47 Å². The van der Waals surface area contributed by atoms with Gasteiger partial charge in [-0.25, -0.2) is 15.0 Å². The summed E-state index contributed by atoms with van der Waals surface area (Å²) in [6.45, 7) is 0.518. The lowest BCUT2D eigenvalue weighted by atomic mass is 10.2. The van der Waals surface area contributed by atoms with Gasteiger partial charge in [0.25, 0.3) is 5.56 Å². The van der Waals surface area contributed by atoms with Gasteiger partial charge in [0.1, 0.15) is 0 Å². The molecule has 150 valence electrons. The number of rotatable bonds is 5. The second-order valence-corrected chi connectivity index (χ2v) is 7.93. The summed E-state index contributed by atoms with van der Waals surface area (Å²) in [5.41, 5.74) is 2.18. The van der Waals surface area contributed by atoms with Crippen molar-refractivity contribution in [2.24, 2.45) is 0 Å². The van der Waals surface area contributed by atoms with Crippen LogP contribution >= 0.6 is 23.4 Å². The van der Waals surface area contributed by atoms with Crippen LogP contribution < -0.4 is 15.0 Å². The number of nitrogens with zero attached hydrogens (tertiary/aromatic N) is 4. The fourth-order valence-corrected chi connectivity index (χ4v) is 4.43. The standard InChI is InChI=1S/C21H15ClN4O3S/c22-15-4-2-1-3-14(15)11-30-21-25-19-18(23-7-8-24-19)20(27)26(21)10-13-5-6-16-17(9-13)29-12-28-16/h1-9H,10-12H2. The Morgan fingerprint density at radius 3 is 2.80 bits per heavy atom. The van der Waals surface area contributed by atoms with E-state index in [1.54, 1.807) is 4.57 Å². The van der Waals surface area contributed by atoms with Crippen LogP contribution in [0.25, 0.3) is 11.2 Å². The van der Waals surface area contributed by atoms with Crippen molar-refractivity contribution in [3.8, 4) is 11.5 Å². The Kier molecular flexibility index (Phi) is 5.02. The lowest BCUT2D eigenvalue weighted by Crippen LogP contribution is -2.25. The zero-order valence-electron chi connectivity index (χ0n) is 15.6. The Labute approximate surface area is 180 Å². The van der Waals surface area contributed by atoms with E-state index in [9.17, 15) is 4.79 Å². The van der Waals surface area contributed by atoms with E-state index in [4.69, 9.17) is 21.1 Å². The zero-order chi connectivity index (χ0) is 20.5. The number of fused-ring (bicyclic) bond motifs is 2. The number of ether oxygens (including phenoxy) is 2. The summed E-state index contributed by atoms with van der Waals surface area (Å²) in [6, 6.07) is 13.2. The van der Waals surface area contributed by atoms with Crippen LogP contribution in [0.5, 0.6) is 11.5 Å². The number of halogens is 1. The minimum Gasteiger partial charge on any atom is -0.454 e. The van der Waals surface area contributed by atoms with Crippen LogP contribution in [0.15, 0.2) is 64.8 Å². The van der Waals surface area contributed by atoms with Gasteiger partial charge in [-0.2, -0.15) is 0 Å². The third kappa shape index (κ3) is 3.59. The SMILES string of the molecule is O=c1c2nccnc2nc(SCc2ccccc2Cl)n1Cc1ccc2c(c1)OCO2. The normalized spacial score (nSPS) is 12.4. The van der Waals surface area contributed by atoms with Gasteiger partial charge in [0.2, 0.25) is 6.79 Å². The highest BCUT2D eigenvalue weighted by Gasteiger charge is 2.17. The van der Waals surface area contributed by atoms with Crippen LogP contribution in [0.4, 0.5) is 0 Å². The molecule has 7 nitrogen and oxygen atoms in total. The molecular formula is C21H15ClN4O3S. The number of hydrogen-bond acceptors (Lipinski definition) is 7. The predicted molar refractivity (Wildman–Crippen MR) is 114 cm³/mol. The molecule has 0 unspecified atom stereocenters. The van der Waals surface area contributed by atoms with Gasteiger partial charge in [-0.3, -0.25) is 9.36 Å². The Balaban J connectivity index is 1.54. The molecule has 0 radical (unpaired) electrons. The van der Waals surface area contributed by atoms with Crippen LogP contribution in [0, 0.1) is 0 Å². The highest BCUT2D eigenvalue weighted by Crippen LogP contribution is 2.33. The molecular weight excluding hydrogens is 424 g/mol. The summed E-state index contributed by atoms with van der Waals surface area (Å²) in [6.07, 6.45) is 3.02. The summed E-state index contributed by atoms with van der Waals surface area (Å²) in [4.78, 5) is 26.2.